The van der Waals surface area contributed by atoms with Crippen molar-refractivity contribution in [3.63, 3.8) is 0 Å². The number of carbonyl (C=O) groups is 3. The summed E-state index contributed by atoms with van der Waals surface area (Å²) in [5, 5.41) is 5.28. The largest absolute Gasteiger partial charge is 0.418 e. The van der Waals surface area contributed by atoms with Crippen LogP contribution in [0.25, 0.3) is 0 Å². The molecule has 0 aliphatic carbocycles. The molecule has 2 N–H and O–H groups in total. The van der Waals surface area contributed by atoms with Crippen molar-refractivity contribution >= 4 is 35.0 Å². The summed E-state index contributed by atoms with van der Waals surface area (Å²) < 4.78 is 39.2. The number of piperazine rings is 1. The minimum absolute atomic E-state index is 0.0975. The maximum Gasteiger partial charge on any atom is 0.418 e. The van der Waals surface area contributed by atoms with E-state index in [9.17, 15) is 27.6 Å². The van der Waals surface area contributed by atoms with Gasteiger partial charge in [-0.3, -0.25) is 19.3 Å². The van der Waals surface area contributed by atoms with Crippen LogP contribution in [0.15, 0.2) is 48.5 Å². The molecule has 0 bridgehead atoms. The molecule has 0 aromatic heterocycles. The van der Waals surface area contributed by atoms with E-state index >= 15 is 0 Å². The summed E-state index contributed by atoms with van der Waals surface area (Å²) >= 11 is 5.86. The van der Waals surface area contributed by atoms with Crippen molar-refractivity contribution in [3.05, 3.63) is 64.7 Å². The van der Waals surface area contributed by atoms with Gasteiger partial charge < -0.3 is 15.5 Å². The number of rotatable bonds is 6. The fourth-order valence-corrected chi connectivity index (χ4v) is 3.58. The van der Waals surface area contributed by atoms with Crippen molar-refractivity contribution in [2.75, 3.05) is 44.6 Å². The molecule has 0 saturated carbocycles. The summed E-state index contributed by atoms with van der Waals surface area (Å²) in [5.41, 5.74) is -0.855. The first-order chi connectivity index (χ1) is 15.6. The van der Waals surface area contributed by atoms with Gasteiger partial charge in [0, 0.05) is 36.8 Å². The molecule has 3 amide bonds. The number of nitrogens with zero attached hydrogens (tertiary/aromatic N) is 2. The van der Waals surface area contributed by atoms with Crippen LogP contribution in [-0.4, -0.2) is 66.8 Å². The zero-order chi connectivity index (χ0) is 24.0. The van der Waals surface area contributed by atoms with Crippen molar-refractivity contribution in [1.82, 2.24) is 15.1 Å². The maximum absolute atomic E-state index is 13.1. The Bertz CT molecular complexity index is 1020. The number of alkyl halides is 3. The van der Waals surface area contributed by atoms with Gasteiger partial charge in [0.15, 0.2) is 0 Å². The lowest BCUT2D eigenvalue weighted by atomic mass is 10.1. The zero-order valence-corrected chi connectivity index (χ0v) is 18.2. The molecule has 1 heterocycles. The Balaban J connectivity index is 1.44. The van der Waals surface area contributed by atoms with E-state index < -0.39 is 23.6 Å². The highest BCUT2D eigenvalue weighted by atomic mass is 35.5. The first kappa shape index (κ1) is 24.5. The minimum Gasteiger partial charge on any atom is -0.343 e. The summed E-state index contributed by atoms with van der Waals surface area (Å²) in [4.78, 5) is 40.1. The lowest BCUT2D eigenvalue weighted by molar-refractivity contribution is -0.137. The number of nitrogens with one attached hydrogen (secondary N) is 2. The predicted octanol–water partition coefficient (Wildman–Crippen LogP) is 2.87. The highest BCUT2D eigenvalue weighted by Gasteiger charge is 2.33. The van der Waals surface area contributed by atoms with Crippen LogP contribution in [0.1, 0.15) is 15.9 Å². The third-order valence-corrected chi connectivity index (χ3v) is 5.32. The smallest absolute Gasteiger partial charge is 0.343 e. The van der Waals surface area contributed by atoms with Gasteiger partial charge in [-0.25, -0.2) is 0 Å². The lowest BCUT2D eigenvalue weighted by Crippen LogP contribution is -2.52. The SMILES string of the molecule is O=C(CN1CCN(C(=O)CNC(=O)c2cccc(Cl)c2)CC1)Nc1ccccc1C(F)(F)F. The number of hydrogen-bond donors (Lipinski definition) is 2. The summed E-state index contributed by atoms with van der Waals surface area (Å²) in [5.74, 6) is -1.26. The van der Waals surface area contributed by atoms with Crippen LogP contribution < -0.4 is 10.6 Å². The van der Waals surface area contributed by atoms with E-state index in [2.05, 4.69) is 10.6 Å². The van der Waals surface area contributed by atoms with Gasteiger partial charge in [0.2, 0.25) is 11.8 Å². The second-order valence-corrected chi connectivity index (χ2v) is 7.88. The monoisotopic (exact) mass is 482 g/mol. The molecule has 1 aliphatic heterocycles. The highest BCUT2D eigenvalue weighted by molar-refractivity contribution is 6.31. The van der Waals surface area contributed by atoms with Gasteiger partial charge in [-0.05, 0) is 30.3 Å². The van der Waals surface area contributed by atoms with Crippen molar-refractivity contribution < 1.29 is 27.6 Å². The molecule has 0 atom stereocenters. The second kappa shape index (κ2) is 10.7. The Labute approximate surface area is 193 Å². The van der Waals surface area contributed by atoms with Gasteiger partial charge in [0.05, 0.1) is 24.3 Å². The van der Waals surface area contributed by atoms with E-state index in [1.807, 2.05) is 0 Å². The van der Waals surface area contributed by atoms with E-state index in [-0.39, 0.29) is 24.7 Å². The van der Waals surface area contributed by atoms with Gasteiger partial charge in [0.25, 0.3) is 5.91 Å². The Kier molecular flexibility index (Phi) is 7.93. The standard InChI is InChI=1S/C22H22ClF3N4O3/c23-16-5-3-4-15(12-16)21(33)27-13-20(32)30-10-8-29(9-11-30)14-19(31)28-18-7-2-1-6-17(18)22(24,25)26/h1-7,12H,8-11,13-14H2,(H,27,33)(H,28,31). The zero-order valence-electron chi connectivity index (χ0n) is 17.5. The number of para-hydroxylation sites is 1. The first-order valence-corrected chi connectivity index (χ1v) is 10.5. The van der Waals surface area contributed by atoms with Gasteiger partial charge in [0.1, 0.15) is 0 Å². The number of hydrogen-bond acceptors (Lipinski definition) is 4. The molecule has 1 fully saturated rings. The van der Waals surface area contributed by atoms with Crippen LogP contribution in [0.4, 0.5) is 18.9 Å². The average molecular weight is 483 g/mol. The number of halogens is 4. The van der Waals surface area contributed by atoms with E-state index in [0.717, 1.165) is 6.07 Å². The van der Waals surface area contributed by atoms with Crippen LogP contribution in [0, 0.1) is 0 Å². The molecular formula is C22H22ClF3N4O3. The van der Waals surface area contributed by atoms with Crippen LogP contribution in [0.2, 0.25) is 5.02 Å². The third-order valence-electron chi connectivity index (χ3n) is 5.09. The van der Waals surface area contributed by atoms with Crippen LogP contribution in [-0.2, 0) is 15.8 Å². The molecule has 1 saturated heterocycles. The summed E-state index contributed by atoms with van der Waals surface area (Å²) in [6.07, 6.45) is -4.57. The number of amides is 3. The molecule has 11 heteroatoms. The summed E-state index contributed by atoms with van der Waals surface area (Å²) in [7, 11) is 0. The normalized spacial score (nSPS) is 14.6. The first-order valence-electron chi connectivity index (χ1n) is 10.1. The van der Waals surface area contributed by atoms with Crippen molar-refractivity contribution in [2.24, 2.45) is 0 Å². The fourth-order valence-electron chi connectivity index (χ4n) is 3.39. The second-order valence-electron chi connectivity index (χ2n) is 7.44. The third kappa shape index (κ3) is 6.93. The van der Waals surface area contributed by atoms with Crippen LogP contribution in [0.5, 0.6) is 0 Å². The molecule has 3 rings (SSSR count). The fraction of sp³-hybridized carbons (Fsp3) is 0.318. The molecule has 176 valence electrons. The molecule has 0 unspecified atom stereocenters. The van der Waals surface area contributed by atoms with E-state index in [0.29, 0.717) is 36.8 Å². The van der Waals surface area contributed by atoms with Crippen LogP contribution >= 0.6 is 11.6 Å². The summed E-state index contributed by atoms with van der Waals surface area (Å²) in [6.45, 7) is 1.14. The minimum atomic E-state index is -4.57. The number of carbonyl (C=O) groups excluding carboxylic acids is 3. The lowest BCUT2D eigenvalue weighted by Gasteiger charge is -2.34. The Hall–Kier alpha value is -3.11. The molecule has 1 aliphatic rings. The predicted molar refractivity (Wildman–Crippen MR) is 117 cm³/mol. The molecule has 0 radical (unpaired) electrons. The average Bonchev–Trinajstić information content (AvgIpc) is 2.77. The van der Waals surface area contributed by atoms with Crippen molar-refractivity contribution in [3.8, 4) is 0 Å². The van der Waals surface area contributed by atoms with Gasteiger partial charge >= 0.3 is 6.18 Å². The van der Waals surface area contributed by atoms with Crippen molar-refractivity contribution in [2.45, 2.75) is 6.18 Å². The van der Waals surface area contributed by atoms with E-state index in [1.54, 1.807) is 28.0 Å². The van der Waals surface area contributed by atoms with E-state index in [4.69, 9.17) is 11.6 Å². The summed E-state index contributed by atoms with van der Waals surface area (Å²) in [6, 6.07) is 11.1. The molecule has 7 nitrogen and oxygen atoms in total. The quantitative estimate of drug-likeness (QED) is 0.663. The molecule has 2 aromatic rings. The number of benzene rings is 2. The Morgan fingerprint density at radius 3 is 2.33 bits per heavy atom. The van der Waals surface area contributed by atoms with Gasteiger partial charge in [-0.2, -0.15) is 13.2 Å². The van der Waals surface area contributed by atoms with Gasteiger partial charge in [-0.1, -0.05) is 29.8 Å². The topological polar surface area (TPSA) is 81.8 Å². The van der Waals surface area contributed by atoms with Crippen LogP contribution in [0.3, 0.4) is 0 Å². The van der Waals surface area contributed by atoms with Crippen molar-refractivity contribution in [1.29, 1.82) is 0 Å². The highest BCUT2D eigenvalue weighted by Crippen LogP contribution is 2.34. The molecular weight excluding hydrogens is 461 g/mol. The molecule has 2 aromatic carbocycles. The Morgan fingerprint density at radius 2 is 1.67 bits per heavy atom. The number of anilines is 1. The molecule has 33 heavy (non-hydrogen) atoms. The maximum atomic E-state index is 13.1. The van der Waals surface area contributed by atoms with Gasteiger partial charge in [-0.15, -0.1) is 0 Å². The van der Waals surface area contributed by atoms with E-state index in [1.165, 1.54) is 24.3 Å². The molecule has 0 spiro atoms. The Morgan fingerprint density at radius 1 is 0.970 bits per heavy atom.